The number of thiophene rings is 1. The number of nitrogens with zero attached hydrogens (tertiary/aromatic N) is 3. The van der Waals surface area contributed by atoms with E-state index < -0.39 is 11.0 Å². The van der Waals surface area contributed by atoms with Gasteiger partial charge in [0.25, 0.3) is 0 Å². The molecule has 194 valence electrons. The molecule has 0 aliphatic carbocycles. The topological polar surface area (TPSA) is 45.3 Å². The van der Waals surface area contributed by atoms with E-state index in [4.69, 9.17) is 9.47 Å². The lowest BCUT2D eigenvalue weighted by molar-refractivity contribution is 0.187. The number of ether oxygens (including phenoxy) is 2. The number of hydrogen-bond acceptors (Lipinski definition) is 6. The van der Waals surface area contributed by atoms with Gasteiger partial charge in [-0.2, -0.15) is 0 Å². The maximum atomic E-state index is 11.8. The minimum absolute atomic E-state index is 0.476. The molecule has 1 atom stereocenters. The molecule has 5 rings (SSSR count). The minimum atomic E-state index is -0.894. The molecule has 8 heteroatoms. The van der Waals surface area contributed by atoms with Gasteiger partial charge < -0.3 is 14.4 Å². The van der Waals surface area contributed by atoms with Crippen LogP contribution in [0.25, 0.3) is 11.3 Å². The van der Waals surface area contributed by atoms with Crippen molar-refractivity contribution in [1.82, 2.24) is 14.1 Å². The number of piperazine rings is 1. The summed E-state index contributed by atoms with van der Waals surface area (Å²) in [6.45, 7) is 9.24. The molecule has 3 aromatic rings. The molecule has 37 heavy (non-hydrogen) atoms. The molecule has 0 saturated carbocycles. The Kier molecular flexibility index (Phi) is 7.81. The van der Waals surface area contributed by atoms with Crippen LogP contribution in [-0.4, -0.2) is 64.9 Å². The van der Waals surface area contributed by atoms with Gasteiger partial charge in [-0.25, -0.2) is 8.51 Å². The first-order valence-electron chi connectivity index (χ1n) is 12.4. The SMILES string of the molecule is C=C1c2cc(CN3CCN(S(C)=O)CC3)sc2C(c2ccc(OC)c(OCc3ccccc3)c2)=CN1C. The zero-order valence-electron chi connectivity index (χ0n) is 21.6. The first-order valence-corrected chi connectivity index (χ1v) is 14.7. The van der Waals surface area contributed by atoms with Crippen LogP contribution < -0.4 is 9.47 Å². The van der Waals surface area contributed by atoms with Gasteiger partial charge in [0.15, 0.2) is 11.5 Å². The Bertz CT molecular complexity index is 1330. The second-order valence-electron chi connectivity index (χ2n) is 9.32. The fourth-order valence-corrected chi connectivity index (χ4v) is 6.65. The second kappa shape index (κ2) is 11.2. The van der Waals surface area contributed by atoms with Crippen LogP contribution in [0.2, 0.25) is 0 Å². The van der Waals surface area contributed by atoms with Crippen LogP contribution in [0.5, 0.6) is 11.5 Å². The molecule has 0 radical (unpaired) electrons. The smallest absolute Gasteiger partial charge is 0.162 e. The van der Waals surface area contributed by atoms with Crippen molar-refractivity contribution in [3.8, 4) is 11.5 Å². The lowest BCUT2D eigenvalue weighted by Gasteiger charge is -2.32. The van der Waals surface area contributed by atoms with E-state index in [-0.39, 0.29) is 0 Å². The zero-order valence-corrected chi connectivity index (χ0v) is 23.2. The third kappa shape index (κ3) is 5.67. The number of benzene rings is 2. The Balaban J connectivity index is 1.39. The predicted octanol–water partition coefficient (Wildman–Crippen LogP) is 5.05. The fourth-order valence-electron chi connectivity index (χ4n) is 4.72. The first kappa shape index (κ1) is 25.7. The van der Waals surface area contributed by atoms with Crippen molar-refractivity contribution in [1.29, 1.82) is 0 Å². The molecule has 1 saturated heterocycles. The monoisotopic (exact) mass is 535 g/mol. The quantitative estimate of drug-likeness (QED) is 0.404. The summed E-state index contributed by atoms with van der Waals surface area (Å²) in [7, 11) is 2.82. The van der Waals surface area contributed by atoms with E-state index in [1.54, 1.807) is 13.4 Å². The highest BCUT2D eigenvalue weighted by molar-refractivity contribution is 7.81. The molecular formula is C29H33N3O3S2. The highest BCUT2D eigenvalue weighted by atomic mass is 32.2. The van der Waals surface area contributed by atoms with E-state index in [2.05, 4.69) is 52.9 Å². The maximum absolute atomic E-state index is 11.8. The highest BCUT2D eigenvalue weighted by Gasteiger charge is 2.26. The molecule has 2 aliphatic heterocycles. The average Bonchev–Trinajstić information content (AvgIpc) is 3.34. The Morgan fingerprint density at radius 2 is 1.78 bits per heavy atom. The van der Waals surface area contributed by atoms with Gasteiger partial charge in [0.2, 0.25) is 0 Å². The van der Waals surface area contributed by atoms with E-state index in [9.17, 15) is 4.21 Å². The maximum Gasteiger partial charge on any atom is 0.162 e. The van der Waals surface area contributed by atoms with Gasteiger partial charge in [-0.1, -0.05) is 43.0 Å². The Morgan fingerprint density at radius 3 is 2.49 bits per heavy atom. The van der Waals surface area contributed by atoms with Crippen molar-refractivity contribution in [2.24, 2.45) is 0 Å². The van der Waals surface area contributed by atoms with Crippen molar-refractivity contribution in [3.63, 3.8) is 0 Å². The van der Waals surface area contributed by atoms with E-state index in [1.165, 1.54) is 15.3 Å². The molecule has 0 amide bonds. The minimum Gasteiger partial charge on any atom is -0.493 e. The van der Waals surface area contributed by atoms with Crippen LogP contribution in [0.15, 0.2) is 67.4 Å². The van der Waals surface area contributed by atoms with Gasteiger partial charge in [0.05, 0.1) is 18.1 Å². The van der Waals surface area contributed by atoms with Crippen molar-refractivity contribution in [3.05, 3.63) is 93.8 Å². The standard InChI is InChI=1S/C29H33N3O3S2/c1-21-25-17-24(18-31-12-14-32(15-13-31)37(4)33)36-29(25)26(19-30(21)2)23-10-11-27(34-3)28(16-23)35-20-22-8-6-5-7-9-22/h5-11,16-17,19H,1,12-15,18,20H2,2-4H3. The molecule has 1 unspecified atom stereocenters. The molecule has 0 bridgehead atoms. The van der Waals surface area contributed by atoms with E-state index in [0.717, 1.165) is 60.9 Å². The number of rotatable bonds is 8. The van der Waals surface area contributed by atoms with Gasteiger partial charge in [-0.3, -0.25) is 4.90 Å². The fraction of sp³-hybridized carbons (Fsp3) is 0.310. The normalized spacial score (nSPS) is 17.3. The summed E-state index contributed by atoms with van der Waals surface area (Å²) in [4.78, 5) is 7.08. The summed E-state index contributed by atoms with van der Waals surface area (Å²) >= 11 is 1.83. The average molecular weight is 536 g/mol. The first-order chi connectivity index (χ1) is 17.9. The van der Waals surface area contributed by atoms with E-state index in [0.29, 0.717) is 12.4 Å². The Morgan fingerprint density at radius 1 is 1.03 bits per heavy atom. The third-order valence-corrected chi connectivity index (χ3v) is 9.12. The summed E-state index contributed by atoms with van der Waals surface area (Å²) < 4.78 is 25.6. The summed E-state index contributed by atoms with van der Waals surface area (Å²) in [5.41, 5.74) is 5.52. The zero-order chi connectivity index (χ0) is 25.9. The predicted molar refractivity (Wildman–Crippen MR) is 153 cm³/mol. The molecule has 6 nitrogen and oxygen atoms in total. The number of methoxy groups -OCH3 is 1. The number of fused-ring (bicyclic) bond motifs is 1. The molecule has 1 aromatic heterocycles. The van der Waals surface area contributed by atoms with Gasteiger partial charge in [-0.05, 0) is 29.3 Å². The van der Waals surface area contributed by atoms with Crippen LogP contribution >= 0.6 is 11.3 Å². The van der Waals surface area contributed by atoms with Gasteiger partial charge in [0.1, 0.15) is 6.61 Å². The summed E-state index contributed by atoms with van der Waals surface area (Å²) in [6, 6.07) is 18.6. The van der Waals surface area contributed by atoms with Crippen LogP contribution in [0, 0.1) is 0 Å². The van der Waals surface area contributed by atoms with Crippen LogP contribution in [-0.2, 0) is 24.1 Å². The Labute approximate surface area is 226 Å². The van der Waals surface area contributed by atoms with Crippen molar-refractivity contribution >= 4 is 33.6 Å². The van der Waals surface area contributed by atoms with E-state index in [1.807, 2.05) is 47.0 Å². The third-order valence-electron chi connectivity index (χ3n) is 6.87. The van der Waals surface area contributed by atoms with Gasteiger partial charge in [0, 0.05) is 78.8 Å². The van der Waals surface area contributed by atoms with Crippen molar-refractivity contribution in [2.45, 2.75) is 13.2 Å². The lowest BCUT2D eigenvalue weighted by Crippen LogP contribution is -2.46. The van der Waals surface area contributed by atoms with Crippen LogP contribution in [0.4, 0.5) is 0 Å². The Hall–Kier alpha value is -2.91. The molecule has 0 N–H and O–H groups in total. The molecule has 2 aromatic carbocycles. The summed E-state index contributed by atoms with van der Waals surface area (Å²) in [5.74, 6) is 1.44. The lowest BCUT2D eigenvalue weighted by atomic mass is 9.97. The second-order valence-corrected chi connectivity index (χ2v) is 11.8. The summed E-state index contributed by atoms with van der Waals surface area (Å²) in [6.07, 6.45) is 3.92. The summed E-state index contributed by atoms with van der Waals surface area (Å²) in [5, 5.41) is 0. The van der Waals surface area contributed by atoms with Crippen LogP contribution in [0.3, 0.4) is 0 Å². The van der Waals surface area contributed by atoms with Crippen molar-refractivity contribution < 1.29 is 13.7 Å². The van der Waals surface area contributed by atoms with Crippen molar-refractivity contribution in [2.75, 3.05) is 46.6 Å². The molecule has 3 heterocycles. The molecule has 1 fully saturated rings. The van der Waals surface area contributed by atoms with Gasteiger partial charge in [-0.15, -0.1) is 11.3 Å². The molecule has 0 spiro atoms. The largest absolute Gasteiger partial charge is 0.493 e. The number of hydrogen-bond donors (Lipinski definition) is 0. The van der Waals surface area contributed by atoms with E-state index >= 15 is 0 Å². The molecular weight excluding hydrogens is 502 g/mol. The van der Waals surface area contributed by atoms with Crippen LogP contribution in [0.1, 0.15) is 26.4 Å². The van der Waals surface area contributed by atoms with Gasteiger partial charge >= 0.3 is 0 Å². The molecule has 2 aliphatic rings. The highest BCUT2D eigenvalue weighted by Crippen LogP contribution is 2.43.